The van der Waals surface area contributed by atoms with Crippen LogP contribution in [-0.4, -0.2) is 12.6 Å². The molecule has 15 heavy (non-hydrogen) atoms. The van der Waals surface area contributed by atoms with Gasteiger partial charge in [0.1, 0.15) is 5.54 Å². The Morgan fingerprint density at radius 2 is 2.20 bits per heavy atom. The summed E-state index contributed by atoms with van der Waals surface area (Å²) in [6.07, 6.45) is 2.76. The van der Waals surface area contributed by atoms with Gasteiger partial charge in [-0.15, -0.1) is 6.58 Å². The lowest BCUT2D eigenvalue weighted by Crippen LogP contribution is -2.34. The highest BCUT2D eigenvalue weighted by Gasteiger charge is 2.56. The second-order valence-corrected chi connectivity index (χ2v) is 3.98. The lowest BCUT2D eigenvalue weighted by Gasteiger charge is -2.25. The van der Waals surface area contributed by atoms with Gasteiger partial charge in [0.15, 0.2) is 0 Å². The Bertz CT molecular complexity index is 404. The molecule has 0 N–H and O–H groups in total. The molecule has 0 bridgehead atoms. The zero-order chi connectivity index (χ0) is 10.9. The predicted molar refractivity (Wildman–Crippen MR) is 61.5 cm³/mol. The number of nitrogens with zero attached hydrogens (tertiary/aromatic N) is 2. The van der Waals surface area contributed by atoms with Crippen LogP contribution in [0.1, 0.15) is 6.42 Å². The van der Waals surface area contributed by atoms with E-state index in [9.17, 15) is 5.26 Å². The summed E-state index contributed by atoms with van der Waals surface area (Å²) >= 11 is 0. The third-order valence-corrected chi connectivity index (χ3v) is 3.20. The maximum atomic E-state index is 9.25. The molecule has 2 atom stereocenters. The predicted octanol–water partition coefficient (Wildman–Crippen LogP) is 2.59. The van der Waals surface area contributed by atoms with Crippen LogP contribution in [0.5, 0.6) is 0 Å². The molecule has 76 valence electrons. The Balaban J connectivity index is 2.26. The van der Waals surface area contributed by atoms with Crippen molar-refractivity contribution in [2.45, 2.75) is 12.0 Å². The molecule has 0 heterocycles. The zero-order valence-corrected chi connectivity index (χ0v) is 8.85. The summed E-state index contributed by atoms with van der Waals surface area (Å²) in [5.74, 6) is 0.299. The van der Waals surface area contributed by atoms with Gasteiger partial charge >= 0.3 is 0 Å². The Labute approximate surface area is 90.4 Å². The molecule has 1 saturated carbocycles. The summed E-state index contributed by atoms with van der Waals surface area (Å²) in [5.41, 5.74) is 0.728. The Kier molecular flexibility index (Phi) is 2.24. The molecule has 2 nitrogen and oxygen atoms in total. The first-order chi connectivity index (χ1) is 7.24. The summed E-state index contributed by atoms with van der Waals surface area (Å²) in [7, 11) is 1.97. The van der Waals surface area contributed by atoms with Gasteiger partial charge < -0.3 is 4.90 Å². The number of anilines is 1. The summed E-state index contributed by atoms with van der Waals surface area (Å²) in [4.78, 5) is 2.05. The lowest BCUT2D eigenvalue weighted by molar-refractivity contribution is 0.739. The van der Waals surface area contributed by atoms with Crippen LogP contribution in [0.3, 0.4) is 0 Å². The van der Waals surface area contributed by atoms with E-state index in [2.05, 4.69) is 17.5 Å². The van der Waals surface area contributed by atoms with Crippen molar-refractivity contribution >= 4 is 5.69 Å². The third-order valence-electron chi connectivity index (χ3n) is 3.20. The maximum Gasteiger partial charge on any atom is 0.134 e. The fourth-order valence-corrected chi connectivity index (χ4v) is 2.03. The van der Waals surface area contributed by atoms with Crippen molar-refractivity contribution in [3.05, 3.63) is 43.0 Å². The fraction of sp³-hybridized carbons (Fsp3) is 0.308. The van der Waals surface area contributed by atoms with Crippen LogP contribution in [0.15, 0.2) is 43.0 Å². The third kappa shape index (κ3) is 1.41. The first-order valence-corrected chi connectivity index (χ1v) is 5.07. The zero-order valence-electron chi connectivity index (χ0n) is 8.85. The van der Waals surface area contributed by atoms with Crippen LogP contribution in [0.25, 0.3) is 0 Å². The number of hydrogen-bond donors (Lipinski definition) is 0. The van der Waals surface area contributed by atoms with Crippen LogP contribution >= 0.6 is 0 Å². The first kappa shape index (κ1) is 9.79. The molecular formula is C13H14N2. The van der Waals surface area contributed by atoms with Crippen molar-refractivity contribution in [1.29, 1.82) is 5.26 Å². The summed E-state index contributed by atoms with van der Waals surface area (Å²) in [6.45, 7) is 3.76. The standard InChI is InChI=1S/C13H14N2/c1-3-11-9-13(11,10-14)15(2)12-7-5-4-6-8-12/h3-8,11H,1,9H2,2H3. The van der Waals surface area contributed by atoms with Crippen molar-refractivity contribution in [3.63, 3.8) is 0 Å². The average molecular weight is 198 g/mol. The molecule has 0 aromatic heterocycles. The number of para-hydroxylation sites is 1. The van der Waals surface area contributed by atoms with Crippen LogP contribution < -0.4 is 4.90 Å². The summed E-state index contributed by atoms with van der Waals surface area (Å²) in [6, 6.07) is 12.4. The molecule has 2 heteroatoms. The van der Waals surface area contributed by atoms with E-state index in [1.54, 1.807) is 0 Å². The Hall–Kier alpha value is -1.75. The van der Waals surface area contributed by atoms with Gasteiger partial charge in [-0.25, -0.2) is 0 Å². The van der Waals surface area contributed by atoms with Gasteiger partial charge in [0.05, 0.1) is 6.07 Å². The van der Waals surface area contributed by atoms with Gasteiger partial charge in [-0.05, 0) is 18.6 Å². The van der Waals surface area contributed by atoms with Crippen LogP contribution in [0, 0.1) is 17.2 Å². The lowest BCUT2D eigenvalue weighted by atomic mass is 10.1. The maximum absolute atomic E-state index is 9.25. The van der Waals surface area contributed by atoms with Gasteiger partial charge in [0.25, 0.3) is 0 Å². The minimum atomic E-state index is -0.358. The van der Waals surface area contributed by atoms with Crippen LogP contribution in [0.2, 0.25) is 0 Å². The molecule has 1 aliphatic rings. The van der Waals surface area contributed by atoms with Gasteiger partial charge in [-0.2, -0.15) is 5.26 Å². The van der Waals surface area contributed by atoms with E-state index in [0.29, 0.717) is 5.92 Å². The largest absolute Gasteiger partial charge is 0.356 e. The Morgan fingerprint density at radius 3 is 2.67 bits per heavy atom. The first-order valence-electron chi connectivity index (χ1n) is 5.07. The van der Waals surface area contributed by atoms with E-state index in [-0.39, 0.29) is 5.54 Å². The number of nitriles is 1. The molecule has 2 unspecified atom stereocenters. The van der Waals surface area contributed by atoms with E-state index in [0.717, 1.165) is 12.1 Å². The van der Waals surface area contributed by atoms with Gasteiger partial charge in [-0.3, -0.25) is 0 Å². The van der Waals surface area contributed by atoms with Crippen LogP contribution in [-0.2, 0) is 0 Å². The van der Waals surface area contributed by atoms with E-state index in [1.807, 2.05) is 43.5 Å². The van der Waals surface area contributed by atoms with Crippen molar-refractivity contribution in [1.82, 2.24) is 0 Å². The Morgan fingerprint density at radius 1 is 1.53 bits per heavy atom. The highest BCUT2D eigenvalue weighted by molar-refractivity contribution is 5.55. The van der Waals surface area contributed by atoms with Gasteiger partial charge in [0, 0.05) is 18.7 Å². The fourth-order valence-electron chi connectivity index (χ4n) is 2.03. The van der Waals surface area contributed by atoms with E-state index < -0.39 is 0 Å². The average Bonchev–Trinajstić information content (AvgIpc) is 3.04. The molecule has 0 saturated heterocycles. The van der Waals surface area contributed by atoms with Crippen molar-refractivity contribution in [2.24, 2.45) is 5.92 Å². The van der Waals surface area contributed by atoms with E-state index in [1.165, 1.54) is 0 Å². The van der Waals surface area contributed by atoms with Crippen LogP contribution in [0.4, 0.5) is 5.69 Å². The molecule has 1 aromatic rings. The van der Waals surface area contributed by atoms with E-state index >= 15 is 0 Å². The minimum Gasteiger partial charge on any atom is -0.356 e. The molecule has 0 aliphatic heterocycles. The topological polar surface area (TPSA) is 27.0 Å². The highest BCUT2D eigenvalue weighted by atomic mass is 15.2. The van der Waals surface area contributed by atoms with Crippen molar-refractivity contribution in [3.8, 4) is 6.07 Å². The monoisotopic (exact) mass is 198 g/mol. The van der Waals surface area contributed by atoms with Gasteiger partial charge in [0.2, 0.25) is 0 Å². The molecule has 0 spiro atoms. The number of benzene rings is 1. The molecule has 0 amide bonds. The summed E-state index contributed by atoms with van der Waals surface area (Å²) < 4.78 is 0. The molecule has 1 fully saturated rings. The second-order valence-electron chi connectivity index (χ2n) is 3.98. The second kappa shape index (κ2) is 3.43. The molecule has 0 radical (unpaired) electrons. The molecule has 1 aliphatic carbocycles. The minimum absolute atomic E-state index is 0.299. The van der Waals surface area contributed by atoms with E-state index in [4.69, 9.17) is 0 Å². The van der Waals surface area contributed by atoms with Gasteiger partial charge in [-0.1, -0.05) is 24.3 Å². The number of hydrogen-bond acceptors (Lipinski definition) is 2. The highest BCUT2D eigenvalue weighted by Crippen LogP contribution is 2.49. The van der Waals surface area contributed by atoms with Crippen molar-refractivity contribution < 1.29 is 0 Å². The molecular weight excluding hydrogens is 184 g/mol. The SMILES string of the molecule is C=CC1CC1(C#N)N(C)c1ccccc1. The molecule has 1 aromatic carbocycles. The van der Waals surface area contributed by atoms with Crippen molar-refractivity contribution in [2.75, 3.05) is 11.9 Å². The molecule has 2 rings (SSSR count). The number of rotatable bonds is 3. The summed E-state index contributed by atoms with van der Waals surface area (Å²) in [5, 5.41) is 9.25. The smallest absolute Gasteiger partial charge is 0.134 e. The normalized spacial score (nSPS) is 27.9. The quantitative estimate of drug-likeness (QED) is 0.698.